The molecule has 0 heterocycles. The van der Waals surface area contributed by atoms with E-state index in [4.69, 9.17) is 11.6 Å². The molecule has 0 aliphatic rings. The number of halogens is 2. The van der Waals surface area contributed by atoms with Crippen molar-refractivity contribution in [3.63, 3.8) is 0 Å². The molecule has 3 aromatic rings. The summed E-state index contributed by atoms with van der Waals surface area (Å²) in [5.74, 6) is 0.0747. The van der Waals surface area contributed by atoms with Crippen molar-refractivity contribution in [1.29, 1.82) is 0 Å². The number of nitrogens with one attached hydrogen (secondary N) is 1. The molecule has 0 saturated heterocycles. The van der Waals surface area contributed by atoms with Gasteiger partial charge in [-0.1, -0.05) is 79.2 Å². The highest BCUT2D eigenvalue weighted by Gasteiger charge is 2.30. The van der Waals surface area contributed by atoms with E-state index in [9.17, 15) is 14.0 Å². The summed E-state index contributed by atoms with van der Waals surface area (Å²) in [6, 6.07) is 22.5. The predicted octanol–water partition coefficient (Wildman–Crippen LogP) is 6.27. The van der Waals surface area contributed by atoms with Crippen LogP contribution in [0.3, 0.4) is 0 Å². The molecule has 3 aromatic carbocycles. The van der Waals surface area contributed by atoms with E-state index in [1.807, 2.05) is 68.4 Å². The lowest BCUT2D eigenvalue weighted by Crippen LogP contribution is -2.52. The molecule has 0 bridgehead atoms. The molecule has 36 heavy (non-hydrogen) atoms. The van der Waals surface area contributed by atoms with Crippen molar-refractivity contribution in [2.45, 2.75) is 51.1 Å². The third-order valence-corrected chi connectivity index (χ3v) is 7.31. The van der Waals surface area contributed by atoms with Crippen LogP contribution in [0.1, 0.15) is 37.0 Å². The minimum Gasteiger partial charge on any atom is -0.352 e. The molecule has 0 fully saturated rings. The van der Waals surface area contributed by atoms with Gasteiger partial charge in [-0.2, -0.15) is 0 Å². The van der Waals surface area contributed by atoms with Crippen LogP contribution in [0.15, 0.2) is 78.9 Å². The number of nitrogens with zero attached hydrogens (tertiary/aromatic N) is 1. The number of thioether (sulfide) groups is 1. The molecule has 3 rings (SSSR count). The predicted molar refractivity (Wildman–Crippen MR) is 146 cm³/mol. The van der Waals surface area contributed by atoms with Crippen LogP contribution >= 0.6 is 23.4 Å². The largest absolute Gasteiger partial charge is 0.352 e. The SMILES string of the molecule is CC[C@H](C)NC(=O)[C@@H](Cc1ccccc1)N(Cc1ccc(F)cc1)C(=O)CSCc1ccccc1Cl. The lowest BCUT2D eigenvalue weighted by molar-refractivity contribution is -0.139. The molecule has 1 N–H and O–H groups in total. The first-order valence-electron chi connectivity index (χ1n) is 12.1. The first-order valence-corrected chi connectivity index (χ1v) is 13.6. The Bertz CT molecular complexity index is 1130. The third-order valence-electron chi connectivity index (χ3n) is 5.98. The summed E-state index contributed by atoms with van der Waals surface area (Å²) < 4.78 is 13.5. The fourth-order valence-electron chi connectivity index (χ4n) is 3.73. The van der Waals surface area contributed by atoms with Gasteiger partial charge in [0.25, 0.3) is 0 Å². The van der Waals surface area contributed by atoms with E-state index in [0.29, 0.717) is 17.2 Å². The van der Waals surface area contributed by atoms with Crippen LogP contribution in [0.5, 0.6) is 0 Å². The van der Waals surface area contributed by atoms with Gasteiger partial charge in [-0.3, -0.25) is 9.59 Å². The topological polar surface area (TPSA) is 49.4 Å². The maximum atomic E-state index is 13.6. The van der Waals surface area contributed by atoms with Crippen LogP contribution in [-0.2, 0) is 28.3 Å². The molecule has 0 radical (unpaired) electrons. The van der Waals surface area contributed by atoms with Crippen LogP contribution in [0, 0.1) is 5.82 Å². The standard InChI is InChI=1S/C29H32ClFN2O2S/c1-3-21(2)32-29(35)27(17-22-9-5-4-6-10-22)33(18-23-13-15-25(31)16-14-23)28(34)20-36-19-24-11-7-8-12-26(24)30/h4-16,21,27H,3,17-20H2,1-2H3,(H,32,35)/t21-,27+/m0/s1. The van der Waals surface area contributed by atoms with Crippen molar-refractivity contribution in [2.75, 3.05) is 5.75 Å². The second-order valence-electron chi connectivity index (χ2n) is 8.76. The van der Waals surface area contributed by atoms with E-state index in [-0.39, 0.29) is 36.0 Å². The van der Waals surface area contributed by atoms with Gasteiger partial charge in [-0.25, -0.2) is 4.39 Å². The fraction of sp³-hybridized carbons (Fsp3) is 0.310. The molecular formula is C29H32ClFN2O2S. The first-order chi connectivity index (χ1) is 17.4. The number of amides is 2. The molecular weight excluding hydrogens is 495 g/mol. The van der Waals surface area contributed by atoms with Gasteiger partial charge < -0.3 is 10.2 Å². The van der Waals surface area contributed by atoms with Gasteiger partial charge in [0, 0.05) is 29.8 Å². The van der Waals surface area contributed by atoms with Crippen LogP contribution in [0.2, 0.25) is 5.02 Å². The molecule has 0 aliphatic carbocycles. The summed E-state index contributed by atoms with van der Waals surface area (Å²) in [7, 11) is 0. The van der Waals surface area contributed by atoms with E-state index in [0.717, 1.165) is 23.1 Å². The highest BCUT2D eigenvalue weighted by molar-refractivity contribution is 7.99. The summed E-state index contributed by atoms with van der Waals surface area (Å²) in [4.78, 5) is 28.7. The molecule has 0 saturated carbocycles. The van der Waals surface area contributed by atoms with Gasteiger partial charge in [0.2, 0.25) is 11.8 Å². The van der Waals surface area contributed by atoms with Crippen molar-refractivity contribution in [3.8, 4) is 0 Å². The van der Waals surface area contributed by atoms with Crippen molar-refractivity contribution in [1.82, 2.24) is 10.2 Å². The van der Waals surface area contributed by atoms with Gasteiger partial charge in [-0.05, 0) is 48.2 Å². The number of benzene rings is 3. The number of carbonyl (C=O) groups is 2. The Morgan fingerprint density at radius 2 is 1.64 bits per heavy atom. The zero-order valence-electron chi connectivity index (χ0n) is 20.6. The third kappa shape index (κ3) is 8.38. The van der Waals surface area contributed by atoms with Gasteiger partial charge in [0.05, 0.1) is 5.75 Å². The second kappa shape index (κ2) is 14.0. The maximum Gasteiger partial charge on any atom is 0.243 e. The number of rotatable bonds is 12. The van der Waals surface area contributed by atoms with Crippen LogP contribution in [0.4, 0.5) is 4.39 Å². The summed E-state index contributed by atoms with van der Waals surface area (Å²) in [6.45, 7) is 4.16. The average Bonchev–Trinajstić information content (AvgIpc) is 2.88. The van der Waals surface area contributed by atoms with Crippen LogP contribution < -0.4 is 5.32 Å². The Morgan fingerprint density at radius 1 is 0.972 bits per heavy atom. The first kappa shape index (κ1) is 27.8. The monoisotopic (exact) mass is 526 g/mol. The Kier molecular flexibility index (Phi) is 10.8. The van der Waals surface area contributed by atoms with E-state index >= 15 is 0 Å². The minimum absolute atomic E-state index is 0.0202. The zero-order valence-corrected chi connectivity index (χ0v) is 22.2. The van der Waals surface area contributed by atoms with Crippen molar-refractivity contribution in [2.24, 2.45) is 0 Å². The number of hydrogen-bond acceptors (Lipinski definition) is 3. The number of hydrogen-bond donors (Lipinski definition) is 1. The van der Waals surface area contributed by atoms with Crippen molar-refractivity contribution >= 4 is 35.2 Å². The van der Waals surface area contributed by atoms with Gasteiger partial charge in [-0.15, -0.1) is 11.8 Å². The Labute approximate surface area is 222 Å². The lowest BCUT2D eigenvalue weighted by Gasteiger charge is -2.32. The summed E-state index contributed by atoms with van der Waals surface area (Å²) in [6.07, 6.45) is 1.16. The van der Waals surface area contributed by atoms with E-state index in [1.165, 1.54) is 23.9 Å². The maximum absolute atomic E-state index is 13.6. The molecule has 0 spiro atoms. The molecule has 2 atom stereocenters. The lowest BCUT2D eigenvalue weighted by atomic mass is 10.0. The highest BCUT2D eigenvalue weighted by atomic mass is 35.5. The fourth-order valence-corrected chi connectivity index (χ4v) is 4.92. The van der Waals surface area contributed by atoms with Crippen LogP contribution in [0.25, 0.3) is 0 Å². The normalized spacial score (nSPS) is 12.6. The summed E-state index contributed by atoms with van der Waals surface area (Å²) in [5.41, 5.74) is 2.68. The van der Waals surface area contributed by atoms with E-state index < -0.39 is 6.04 Å². The Morgan fingerprint density at radius 3 is 2.31 bits per heavy atom. The van der Waals surface area contributed by atoms with Crippen molar-refractivity contribution < 1.29 is 14.0 Å². The minimum atomic E-state index is -0.708. The smallest absolute Gasteiger partial charge is 0.243 e. The molecule has 0 aliphatic heterocycles. The highest BCUT2D eigenvalue weighted by Crippen LogP contribution is 2.22. The number of carbonyl (C=O) groups excluding carboxylic acids is 2. The van der Waals surface area contributed by atoms with Gasteiger partial charge in [0.1, 0.15) is 11.9 Å². The molecule has 2 amide bonds. The molecule has 7 heteroatoms. The van der Waals surface area contributed by atoms with Gasteiger partial charge >= 0.3 is 0 Å². The zero-order chi connectivity index (χ0) is 25.9. The Hall–Kier alpha value is -2.83. The molecule has 0 aromatic heterocycles. The van der Waals surface area contributed by atoms with Crippen molar-refractivity contribution in [3.05, 3.63) is 106 Å². The Balaban J connectivity index is 1.85. The van der Waals surface area contributed by atoms with E-state index in [1.54, 1.807) is 17.0 Å². The quantitative estimate of drug-likeness (QED) is 0.303. The average molecular weight is 527 g/mol. The molecule has 0 unspecified atom stereocenters. The summed E-state index contributed by atoms with van der Waals surface area (Å²) in [5, 5.41) is 3.71. The van der Waals surface area contributed by atoms with Gasteiger partial charge in [0.15, 0.2) is 0 Å². The van der Waals surface area contributed by atoms with E-state index in [2.05, 4.69) is 5.32 Å². The molecule has 190 valence electrons. The second-order valence-corrected chi connectivity index (χ2v) is 10.1. The summed E-state index contributed by atoms with van der Waals surface area (Å²) >= 11 is 7.73. The molecule has 4 nitrogen and oxygen atoms in total. The van der Waals surface area contributed by atoms with Crippen LogP contribution in [-0.4, -0.2) is 34.6 Å².